The number of benzene rings is 6. The van der Waals surface area contributed by atoms with Crippen molar-refractivity contribution in [1.29, 1.82) is 0 Å². The van der Waals surface area contributed by atoms with Gasteiger partial charge in [0, 0.05) is 60.6 Å². The number of aliphatic hydroxyl groups is 2. The van der Waals surface area contributed by atoms with Crippen LogP contribution in [0.4, 0.5) is 23.0 Å². The Morgan fingerprint density at radius 2 is 0.758 bits per heavy atom. The van der Waals surface area contributed by atoms with Crippen molar-refractivity contribution in [2.45, 2.75) is 106 Å². The van der Waals surface area contributed by atoms with Crippen LogP contribution < -0.4 is 31.9 Å². The molecule has 0 aliphatic carbocycles. The lowest BCUT2D eigenvalue weighted by Gasteiger charge is -2.34. The highest BCUT2D eigenvalue weighted by Gasteiger charge is 2.41. The molecule has 0 bridgehead atoms. The minimum atomic E-state index is -0.952. The maximum atomic E-state index is 14.1. The first-order valence-electron chi connectivity index (χ1n) is 33.5. The monoisotopic (exact) mass is 1320 g/mol. The minimum absolute atomic E-state index is 0. The molecule has 6 heterocycles. The number of hydrogen-bond donors (Lipinski definition) is 8. The van der Waals surface area contributed by atoms with E-state index in [4.69, 9.17) is 9.97 Å². The molecule has 4 aromatic heterocycles. The fourth-order valence-corrected chi connectivity index (χ4v) is 13.4. The number of rotatable bonds is 26. The van der Waals surface area contributed by atoms with Gasteiger partial charge < -0.3 is 51.9 Å². The Kier molecular flexibility index (Phi) is 25.5. The number of amides is 4. The number of aliphatic hydroxyl groups excluding tert-OH is 2. The molecule has 6 aromatic carbocycles. The van der Waals surface area contributed by atoms with Crippen molar-refractivity contribution in [3.63, 3.8) is 0 Å². The molecule has 10 atom stereocenters. The Labute approximate surface area is 580 Å². The second-order valence-corrected chi connectivity index (χ2v) is 24.5. The van der Waals surface area contributed by atoms with Gasteiger partial charge in [-0.25, -0.2) is 9.97 Å². The number of hydrogen-bond acceptors (Lipinski definition) is 14. The van der Waals surface area contributed by atoms with E-state index in [1.165, 1.54) is 0 Å². The zero-order valence-electron chi connectivity index (χ0n) is 55.0. The first-order valence-corrected chi connectivity index (χ1v) is 33.5. The van der Waals surface area contributed by atoms with Crippen molar-refractivity contribution >= 4 is 46.6 Å². The predicted octanol–water partition coefficient (Wildman–Crippen LogP) is 12.5. The Morgan fingerprint density at radius 3 is 1.10 bits per heavy atom. The summed E-state index contributed by atoms with van der Waals surface area (Å²) in [6, 6.07) is 73.2. The highest BCUT2D eigenvalue weighted by molar-refractivity contribution is 6.00. The van der Waals surface area contributed by atoms with Gasteiger partial charge in [-0.1, -0.05) is 189 Å². The van der Waals surface area contributed by atoms with Gasteiger partial charge in [-0.15, -0.1) is 0 Å². The normalized spacial score (nSPS) is 16.5. The standard InChI is InChI=1S/2C40H42N6O3.CH4/c2*1-41-33(27-28-15-4-2-5-16-28)40(49)46-26-14-22-34(46)39(48)44-31-20-9-8-19-30(31)37(45-35-23-11-13-25-43-35)36(32-21-10-12-24-42-32)38(47)29-17-6-3-7-18-29;/h2*2-13,15-21,23-25,33-34,36-38,41,47H,14,22,26-27H2,1H3,(H,43,45)(H,44,48);1H4/t33-,34-,36+,37-,38-;33-,34-,36-,37+,38+;/m00./s1. The van der Waals surface area contributed by atoms with Gasteiger partial charge in [0.15, 0.2) is 0 Å². The molecule has 2 saturated heterocycles. The fourth-order valence-electron chi connectivity index (χ4n) is 13.4. The van der Waals surface area contributed by atoms with Crippen LogP contribution in [-0.4, -0.2) is 115 Å². The van der Waals surface area contributed by atoms with Gasteiger partial charge in [0.05, 0.1) is 48.2 Å². The number of nitrogens with zero attached hydrogens (tertiary/aromatic N) is 6. The number of likely N-dealkylation sites (N-methyl/N-ethyl adjacent to an activating group) is 2. The molecular formula is C81H88N12O6. The zero-order valence-corrected chi connectivity index (χ0v) is 55.0. The third-order valence-electron chi connectivity index (χ3n) is 18.3. The van der Waals surface area contributed by atoms with E-state index < -0.39 is 60.3 Å². The van der Waals surface area contributed by atoms with Crippen LogP contribution in [0.3, 0.4) is 0 Å². The van der Waals surface area contributed by atoms with Gasteiger partial charge in [-0.05, 0) is 147 Å². The van der Waals surface area contributed by atoms with Crippen LogP contribution >= 0.6 is 0 Å². The number of likely N-dealkylation sites (tertiary alicyclic amines) is 2. The zero-order chi connectivity index (χ0) is 68.0. The van der Waals surface area contributed by atoms with Crippen LogP contribution in [0.25, 0.3) is 0 Å². The Hall–Kier alpha value is -10.8. The minimum Gasteiger partial charge on any atom is -0.388 e. The third kappa shape index (κ3) is 18.1. The molecule has 2 fully saturated rings. The average molecular weight is 1330 g/mol. The summed E-state index contributed by atoms with van der Waals surface area (Å²) in [5.41, 5.74) is 7.60. The third-order valence-corrected chi connectivity index (χ3v) is 18.3. The average Bonchev–Trinajstić information content (AvgIpc) is 1.15. The van der Waals surface area contributed by atoms with E-state index in [1.807, 2.05) is 243 Å². The van der Waals surface area contributed by atoms with Gasteiger partial charge in [0.1, 0.15) is 23.7 Å². The second-order valence-electron chi connectivity index (χ2n) is 24.5. The number of carbonyl (C=O) groups is 4. The summed E-state index contributed by atoms with van der Waals surface area (Å²) >= 11 is 0. The molecule has 4 amide bonds. The molecule has 18 nitrogen and oxygen atoms in total. The van der Waals surface area contributed by atoms with Crippen molar-refractivity contribution in [1.82, 2.24) is 40.4 Å². The van der Waals surface area contributed by atoms with E-state index in [2.05, 4.69) is 41.9 Å². The number of anilines is 4. The molecule has 2 aliphatic rings. The van der Waals surface area contributed by atoms with Crippen molar-refractivity contribution in [2.75, 3.05) is 48.5 Å². The molecule has 0 unspecified atom stereocenters. The van der Waals surface area contributed by atoms with E-state index in [-0.39, 0.29) is 31.1 Å². The Bertz CT molecular complexity index is 3850. The molecule has 99 heavy (non-hydrogen) atoms. The van der Waals surface area contributed by atoms with Gasteiger partial charge in [-0.2, -0.15) is 0 Å². The van der Waals surface area contributed by atoms with E-state index in [1.54, 1.807) is 48.7 Å². The van der Waals surface area contributed by atoms with Crippen LogP contribution in [0.5, 0.6) is 0 Å². The summed E-state index contributed by atoms with van der Waals surface area (Å²) in [7, 11) is 3.56. The lowest BCUT2D eigenvalue weighted by Crippen LogP contribution is -2.51. The number of carbonyl (C=O) groups excluding carboxylic acids is 4. The van der Waals surface area contributed by atoms with Crippen LogP contribution in [0, 0.1) is 0 Å². The van der Waals surface area contributed by atoms with E-state index >= 15 is 0 Å². The van der Waals surface area contributed by atoms with Gasteiger partial charge >= 0.3 is 0 Å². The quantitative estimate of drug-likeness (QED) is 0.0252. The summed E-state index contributed by atoms with van der Waals surface area (Å²) in [6.45, 7) is 1.03. The molecule has 10 aromatic rings. The molecule has 0 spiro atoms. The lowest BCUT2D eigenvalue weighted by atomic mass is 9.82. The summed E-state index contributed by atoms with van der Waals surface area (Å²) in [4.78, 5) is 77.7. The van der Waals surface area contributed by atoms with E-state index in [9.17, 15) is 29.4 Å². The molecule has 2 aliphatic heterocycles. The Morgan fingerprint density at radius 1 is 0.424 bits per heavy atom. The number of nitrogens with one attached hydrogen (secondary N) is 6. The van der Waals surface area contributed by atoms with Gasteiger partial charge in [0.2, 0.25) is 23.6 Å². The molecule has 8 N–H and O–H groups in total. The highest BCUT2D eigenvalue weighted by Crippen LogP contribution is 2.46. The maximum Gasteiger partial charge on any atom is 0.247 e. The van der Waals surface area contributed by atoms with Crippen LogP contribution in [0.1, 0.15) is 114 Å². The van der Waals surface area contributed by atoms with Gasteiger partial charge in [0.25, 0.3) is 0 Å². The number of pyridine rings is 4. The predicted molar refractivity (Wildman–Crippen MR) is 390 cm³/mol. The fraction of sp³-hybridized carbons (Fsp3) is 0.259. The molecular weight excluding hydrogens is 1240 g/mol. The summed E-state index contributed by atoms with van der Waals surface area (Å²) in [5, 5.41) is 43.9. The number of para-hydroxylation sites is 2. The number of aromatic nitrogens is 4. The summed E-state index contributed by atoms with van der Waals surface area (Å²) in [6.07, 6.45) is 8.62. The first-order chi connectivity index (χ1) is 48.1. The second kappa shape index (κ2) is 35.5. The molecule has 0 saturated carbocycles. The first kappa shape index (κ1) is 71.0. The summed E-state index contributed by atoms with van der Waals surface area (Å²) in [5.74, 6) is -0.616. The molecule has 508 valence electrons. The highest BCUT2D eigenvalue weighted by atomic mass is 16.3. The molecule has 18 heteroatoms. The largest absolute Gasteiger partial charge is 0.388 e. The summed E-state index contributed by atoms with van der Waals surface area (Å²) < 4.78 is 0. The van der Waals surface area contributed by atoms with Crippen LogP contribution in [-0.2, 0) is 32.0 Å². The topological polar surface area (TPSA) is 239 Å². The van der Waals surface area contributed by atoms with Crippen molar-refractivity contribution < 1.29 is 29.4 Å². The molecule has 0 radical (unpaired) electrons. The van der Waals surface area contributed by atoms with Crippen molar-refractivity contribution in [3.8, 4) is 0 Å². The van der Waals surface area contributed by atoms with Crippen LogP contribution in [0.15, 0.2) is 267 Å². The maximum absolute atomic E-state index is 14.1. The van der Waals surface area contributed by atoms with E-state index in [0.29, 0.717) is 73.2 Å². The van der Waals surface area contributed by atoms with Gasteiger partial charge in [-0.3, -0.25) is 29.1 Å². The Balaban J connectivity index is 0.000000212. The molecule has 12 rings (SSSR count). The van der Waals surface area contributed by atoms with Crippen molar-refractivity contribution in [2.24, 2.45) is 0 Å². The van der Waals surface area contributed by atoms with Crippen LogP contribution in [0.2, 0.25) is 0 Å². The van der Waals surface area contributed by atoms with E-state index in [0.717, 1.165) is 46.2 Å². The smallest absolute Gasteiger partial charge is 0.247 e. The van der Waals surface area contributed by atoms with Crippen molar-refractivity contribution in [3.05, 3.63) is 312 Å². The SMILES string of the molecule is C.CN[C@@H](Cc1ccccc1)C(=O)N1CCC[C@H]1C(=O)Nc1ccccc1[C@@H](Nc1ccccn1)[C@H](c1ccccn1)[C@H](O)c1ccccc1.CN[C@@H](Cc1ccccc1)C(=O)N1CCC[C@H]1C(=O)Nc1ccccc1[C@H](Nc1ccccn1)[C@@H](c1ccccn1)[C@@H](O)c1ccccc1. The lowest BCUT2D eigenvalue weighted by molar-refractivity contribution is -0.138.